The van der Waals surface area contributed by atoms with Gasteiger partial charge in [-0.1, -0.05) is 25.5 Å². The minimum absolute atomic E-state index is 0.0890. The normalized spacial score (nSPS) is 52.0. The van der Waals surface area contributed by atoms with Crippen molar-refractivity contribution in [2.45, 2.75) is 58.5 Å². The van der Waals surface area contributed by atoms with Gasteiger partial charge in [0, 0.05) is 5.41 Å². The summed E-state index contributed by atoms with van der Waals surface area (Å²) in [5.41, 5.74) is 1.59. The van der Waals surface area contributed by atoms with Gasteiger partial charge in [-0.05, 0) is 73.8 Å². The van der Waals surface area contributed by atoms with E-state index < -0.39 is 0 Å². The Kier molecular flexibility index (Phi) is 2.83. The summed E-state index contributed by atoms with van der Waals surface area (Å²) in [5, 5.41) is 10.4. The van der Waals surface area contributed by atoms with Gasteiger partial charge in [0.1, 0.15) is 0 Å². The molecule has 4 rings (SSSR count). The molecule has 0 aromatic heterocycles. The maximum Gasteiger partial charge on any atom is 0.178 e. The van der Waals surface area contributed by atoms with Gasteiger partial charge in [-0.15, -0.1) is 0 Å². The van der Waals surface area contributed by atoms with Crippen molar-refractivity contribution in [2.75, 3.05) is 0 Å². The van der Waals surface area contributed by atoms with E-state index in [1.165, 1.54) is 24.8 Å². The van der Waals surface area contributed by atoms with Gasteiger partial charge in [0.2, 0.25) is 0 Å². The number of rotatable bonds is 0. The smallest absolute Gasteiger partial charge is 0.178 e. The topological polar surface area (TPSA) is 37.3 Å². The third-order valence-electron chi connectivity index (χ3n) is 7.51. The van der Waals surface area contributed by atoms with Crippen LogP contribution in [0.25, 0.3) is 0 Å². The van der Waals surface area contributed by atoms with E-state index in [0.717, 1.165) is 25.2 Å². The van der Waals surface area contributed by atoms with Crippen molar-refractivity contribution >= 4 is 5.78 Å². The number of carbonyl (C=O) groups excluding carboxylic acids is 1. The number of hydrogen-bond acceptors (Lipinski definition) is 2. The first-order valence-electron chi connectivity index (χ1n) is 8.57. The second-order valence-electron chi connectivity index (χ2n) is 8.24. The highest BCUT2D eigenvalue weighted by molar-refractivity contribution is 6.01. The molecule has 0 heterocycles. The van der Waals surface area contributed by atoms with E-state index in [2.05, 4.69) is 19.9 Å². The van der Waals surface area contributed by atoms with Crippen LogP contribution < -0.4 is 0 Å². The Morgan fingerprint density at radius 3 is 2.76 bits per heavy atom. The summed E-state index contributed by atoms with van der Waals surface area (Å²) in [4.78, 5) is 11.7. The van der Waals surface area contributed by atoms with Crippen molar-refractivity contribution in [2.24, 2.45) is 28.6 Å². The third kappa shape index (κ3) is 1.72. The SMILES string of the molecule is CC12C=CC(=O)C=C1CCC1C2CCC2(C)C(O)CCC12. The lowest BCUT2D eigenvalue weighted by Crippen LogP contribution is -2.50. The van der Waals surface area contributed by atoms with Crippen molar-refractivity contribution in [1.82, 2.24) is 0 Å². The van der Waals surface area contributed by atoms with Crippen molar-refractivity contribution in [3.05, 3.63) is 23.8 Å². The van der Waals surface area contributed by atoms with Crippen LogP contribution in [0.4, 0.5) is 0 Å². The maximum atomic E-state index is 11.7. The van der Waals surface area contributed by atoms with Crippen LogP contribution in [-0.4, -0.2) is 17.0 Å². The molecule has 4 aliphatic rings. The Labute approximate surface area is 127 Å². The molecule has 0 aliphatic heterocycles. The van der Waals surface area contributed by atoms with Gasteiger partial charge in [0.05, 0.1) is 6.10 Å². The van der Waals surface area contributed by atoms with Gasteiger partial charge >= 0.3 is 0 Å². The maximum absolute atomic E-state index is 11.7. The molecule has 0 bridgehead atoms. The fraction of sp³-hybridized carbons (Fsp3) is 0.737. The first kappa shape index (κ1) is 13.8. The van der Waals surface area contributed by atoms with Gasteiger partial charge < -0.3 is 5.11 Å². The summed E-state index contributed by atoms with van der Waals surface area (Å²) in [6, 6.07) is 0. The van der Waals surface area contributed by atoms with E-state index in [-0.39, 0.29) is 22.7 Å². The Balaban J connectivity index is 1.70. The zero-order valence-electron chi connectivity index (χ0n) is 13.1. The minimum atomic E-state index is -0.100. The molecular weight excluding hydrogens is 260 g/mol. The summed E-state index contributed by atoms with van der Waals surface area (Å²) in [6.07, 6.45) is 12.6. The Morgan fingerprint density at radius 1 is 1.14 bits per heavy atom. The third-order valence-corrected chi connectivity index (χ3v) is 7.51. The predicted octanol–water partition coefficient (Wildman–Crippen LogP) is 3.66. The monoisotopic (exact) mass is 286 g/mol. The van der Waals surface area contributed by atoms with E-state index in [9.17, 15) is 9.90 Å². The number of ketones is 1. The van der Waals surface area contributed by atoms with Gasteiger partial charge in [-0.2, -0.15) is 0 Å². The van der Waals surface area contributed by atoms with Gasteiger partial charge in [0.25, 0.3) is 0 Å². The average Bonchev–Trinajstić information content (AvgIpc) is 2.76. The second-order valence-corrected chi connectivity index (χ2v) is 8.24. The molecule has 3 saturated carbocycles. The number of carbonyl (C=O) groups is 1. The van der Waals surface area contributed by atoms with Crippen LogP contribution in [0.5, 0.6) is 0 Å². The van der Waals surface area contributed by atoms with E-state index in [1.807, 2.05) is 6.08 Å². The summed E-state index contributed by atoms with van der Waals surface area (Å²) < 4.78 is 0. The molecule has 4 aliphatic carbocycles. The van der Waals surface area contributed by atoms with Gasteiger partial charge in [-0.3, -0.25) is 4.79 Å². The molecule has 2 heteroatoms. The zero-order chi connectivity index (χ0) is 14.8. The average molecular weight is 286 g/mol. The molecule has 0 aromatic carbocycles. The van der Waals surface area contributed by atoms with Crippen molar-refractivity contribution < 1.29 is 9.90 Å². The summed E-state index contributed by atoms with van der Waals surface area (Å²) in [7, 11) is 0. The lowest BCUT2D eigenvalue weighted by atomic mass is 9.48. The molecule has 0 aromatic rings. The lowest BCUT2D eigenvalue weighted by molar-refractivity contribution is -0.111. The number of fused-ring (bicyclic) bond motifs is 5. The number of aliphatic hydroxyl groups is 1. The van der Waals surface area contributed by atoms with Crippen LogP contribution in [0.2, 0.25) is 0 Å². The summed E-state index contributed by atoms with van der Waals surface area (Å²) in [6.45, 7) is 4.66. The molecule has 114 valence electrons. The minimum Gasteiger partial charge on any atom is -0.393 e. The highest BCUT2D eigenvalue weighted by Gasteiger charge is 2.58. The van der Waals surface area contributed by atoms with Crippen LogP contribution in [0.3, 0.4) is 0 Å². The van der Waals surface area contributed by atoms with Crippen molar-refractivity contribution in [3.63, 3.8) is 0 Å². The molecule has 2 nitrogen and oxygen atoms in total. The molecule has 0 radical (unpaired) electrons. The van der Waals surface area contributed by atoms with E-state index in [1.54, 1.807) is 6.08 Å². The number of allylic oxidation sites excluding steroid dienone is 4. The van der Waals surface area contributed by atoms with Crippen LogP contribution in [-0.2, 0) is 4.79 Å². The Hall–Kier alpha value is -0.890. The molecule has 3 fully saturated rings. The van der Waals surface area contributed by atoms with Crippen LogP contribution in [0.1, 0.15) is 52.4 Å². The van der Waals surface area contributed by atoms with Crippen LogP contribution in [0, 0.1) is 28.6 Å². The largest absolute Gasteiger partial charge is 0.393 e. The molecule has 1 N–H and O–H groups in total. The fourth-order valence-corrected chi connectivity index (χ4v) is 6.17. The predicted molar refractivity (Wildman–Crippen MR) is 82.6 cm³/mol. The summed E-state index contributed by atoms with van der Waals surface area (Å²) in [5.74, 6) is 2.22. The molecule has 6 unspecified atom stereocenters. The fourth-order valence-electron chi connectivity index (χ4n) is 6.17. The Morgan fingerprint density at radius 2 is 1.95 bits per heavy atom. The van der Waals surface area contributed by atoms with Gasteiger partial charge in [0.15, 0.2) is 5.78 Å². The molecular formula is C19H26O2. The van der Waals surface area contributed by atoms with Gasteiger partial charge in [-0.25, -0.2) is 0 Å². The van der Waals surface area contributed by atoms with Crippen LogP contribution >= 0.6 is 0 Å². The molecule has 0 spiro atoms. The highest BCUT2D eigenvalue weighted by Crippen LogP contribution is 2.64. The molecule has 21 heavy (non-hydrogen) atoms. The molecule has 6 atom stereocenters. The molecule has 0 saturated heterocycles. The molecule has 0 amide bonds. The van der Waals surface area contributed by atoms with Crippen molar-refractivity contribution in [3.8, 4) is 0 Å². The van der Waals surface area contributed by atoms with E-state index in [4.69, 9.17) is 0 Å². The number of hydrogen-bond donors (Lipinski definition) is 1. The zero-order valence-corrected chi connectivity index (χ0v) is 13.1. The van der Waals surface area contributed by atoms with E-state index in [0.29, 0.717) is 11.8 Å². The highest BCUT2D eigenvalue weighted by atomic mass is 16.3. The quantitative estimate of drug-likeness (QED) is 0.738. The second kappa shape index (κ2) is 4.32. The van der Waals surface area contributed by atoms with Crippen molar-refractivity contribution in [1.29, 1.82) is 0 Å². The number of aliphatic hydroxyl groups excluding tert-OH is 1. The standard InChI is InChI=1S/C19H26O2/c1-18-9-7-13(20)11-12(18)3-4-14-15-5-6-17(21)19(15,2)10-8-16(14)18/h7,9,11,14-17,21H,3-6,8,10H2,1-2H3. The van der Waals surface area contributed by atoms with E-state index >= 15 is 0 Å². The van der Waals surface area contributed by atoms with Crippen LogP contribution in [0.15, 0.2) is 23.8 Å². The first-order chi connectivity index (χ1) is 9.95. The summed E-state index contributed by atoms with van der Waals surface area (Å²) >= 11 is 0. The Bertz CT molecular complexity index is 546. The lowest BCUT2D eigenvalue weighted by Gasteiger charge is -2.56. The first-order valence-corrected chi connectivity index (χ1v) is 8.57.